The Morgan fingerprint density at radius 1 is 1.30 bits per heavy atom. The van der Waals surface area contributed by atoms with E-state index in [-0.39, 0.29) is 24.4 Å². The van der Waals surface area contributed by atoms with E-state index in [2.05, 4.69) is 10.6 Å². The van der Waals surface area contributed by atoms with Crippen LogP contribution < -0.4 is 10.6 Å². The molecule has 7 nitrogen and oxygen atoms in total. The second-order valence-corrected chi connectivity index (χ2v) is 4.62. The number of nitrogens with one attached hydrogen (secondary N) is 2. The SMILES string of the molecule is O=C(NCc1ccc(C(=O)O)o1)NCC1CCCCO1. The molecule has 7 heteroatoms. The number of carbonyl (C=O) groups is 2. The largest absolute Gasteiger partial charge is 0.475 e. The second-order valence-electron chi connectivity index (χ2n) is 4.62. The molecule has 1 aliphatic heterocycles. The number of hydrogen-bond donors (Lipinski definition) is 3. The molecule has 0 aromatic carbocycles. The highest BCUT2D eigenvalue weighted by Gasteiger charge is 2.15. The molecule has 1 aromatic rings. The minimum atomic E-state index is -1.13. The summed E-state index contributed by atoms with van der Waals surface area (Å²) >= 11 is 0. The topological polar surface area (TPSA) is 101 Å². The van der Waals surface area contributed by atoms with E-state index in [0.717, 1.165) is 25.9 Å². The van der Waals surface area contributed by atoms with Gasteiger partial charge in [-0.15, -0.1) is 0 Å². The zero-order valence-corrected chi connectivity index (χ0v) is 11.1. The highest BCUT2D eigenvalue weighted by Crippen LogP contribution is 2.11. The average molecular weight is 282 g/mol. The minimum Gasteiger partial charge on any atom is -0.475 e. The van der Waals surface area contributed by atoms with Gasteiger partial charge in [-0.25, -0.2) is 9.59 Å². The zero-order valence-electron chi connectivity index (χ0n) is 11.1. The number of amides is 2. The molecule has 0 aliphatic carbocycles. The highest BCUT2D eigenvalue weighted by atomic mass is 16.5. The number of hydrogen-bond acceptors (Lipinski definition) is 4. The first-order valence-corrected chi connectivity index (χ1v) is 6.60. The first kappa shape index (κ1) is 14.4. The van der Waals surface area contributed by atoms with Crippen LogP contribution in [0.25, 0.3) is 0 Å². The number of carboxylic acids is 1. The van der Waals surface area contributed by atoms with Gasteiger partial charge in [0.25, 0.3) is 0 Å². The van der Waals surface area contributed by atoms with Gasteiger partial charge >= 0.3 is 12.0 Å². The van der Waals surface area contributed by atoms with Gasteiger partial charge in [0, 0.05) is 13.2 Å². The van der Waals surface area contributed by atoms with E-state index in [0.29, 0.717) is 12.3 Å². The molecular formula is C13H18N2O5. The summed E-state index contributed by atoms with van der Waals surface area (Å²) in [6.07, 6.45) is 3.24. The monoisotopic (exact) mass is 282 g/mol. The molecule has 1 fully saturated rings. The summed E-state index contributed by atoms with van der Waals surface area (Å²) in [5.41, 5.74) is 0. The zero-order chi connectivity index (χ0) is 14.4. The summed E-state index contributed by atoms with van der Waals surface area (Å²) in [7, 11) is 0. The van der Waals surface area contributed by atoms with Crippen molar-refractivity contribution in [1.82, 2.24) is 10.6 Å². The lowest BCUT2D eigenvalue weighted by atomic mass is 10.1. The summed E-state index contributed by atoms with van der Waals surface area (Å²) in [6, 6.07) is 2.55. The van der Waals surface area contributed by atoms with Gasteiger partial charge in [0.1, 0.15) is 5.76 Å². The van der Waals surface area contributed by atoms with Crippen LogP contribution in [0.1, 0.15) is 35.6 Å². The van der Waals surface area contributed by atoms with E-state index in [1.54, 1.807) is 0 Å². The molecule has 2 amide bonds. The molecule has 1 unspecified atom stereocenters. The number of furan rings is 1. The quantitative estimate of drug-likeness (QED) is 0.756. The smallest absolute Gasteiger partial charge is 0.371 e. The second kappa shape index (κ2) is 6.95. The van der Waals surface area contributed by atoms with Gasteiger partial charge in [-0.1, -0.05) is 0 Å². The molecule has 1 aliphatic rings. The molecule has 1 saturated heterocycles. The number of rotatable bonds is 5. The number of ether oxygens (including phenoxy) is 1. The van der Waals surface area contributed by atoms with Crippen molar-refractivity contribution < 1.29 is 23.8 Å². The number of urea groups is 1. The fraction of sp³-hybridized carbons (Fsp3) is 0.538. The van der Waals surface area contributed by atoms with Crippen LogP contribution in [0, 0.1) is 0 Å². The van der Waals surface area contributed by atoms with Crippen LogP contribution in [-0.2, 0) is 11.3 Å². The van der Waals surface area contributed by atoms with Crippen molar-refractivity contribution >= 4 is 12.0 Å². The van der Waals surface area contributed by atoms with Gasteiger partial charge in [-0.05, 0) is 31.4 Å². The minimum absolute atomic E-state index is 0.0803. The molecule has 3 N–H and O–H groups in total. The summed E-state index contributed by atoms with van der Waals surface area (Å²) in [5.74, 6) is -0.876. The lowest BCUT2D eigenvalue weighted by Gasteiger charge is -2.22. The van der Waals surface area contributed by atoms with Gasteiger partial charge < -0.3 is 24.9 Å². The van der Waals surface area contributed by atoms with Crippen LogP contribution in [0.3, 0.4) is 0 Å². The van der Waals surface area contributed by atoms with Gasteiger partial charge in [0.2, 0.25) is 5.76 Å². The molecule has 1 atom stereocenters. The van der Waals surface area contributed by atoms with Crippen molar-refractivity contribution in [1.29, 1.82) is 0 Å². The van der Waals surface area contributed by atoms with Crippen molar-refractivity contribution in [3.8, 4) is 0 Å². The van der Waals surface area contributed by atoms with Crippen LogP contribution in [0.4, 0.5) is 4.79 Å². The maximum Gasteiger partial charge on any atom is 0.371 e. The average Bonchev–Trinajstić information content (AvgIpc) is 2.93. The molecular weight excluding hydrogens is 264 g/mol. The third-order valence-electron chi connectivity index (χ3n) is 3.06. The molecule has 0 radical (unpaired) electrons. The van der Waals surface area contributed by atoms with Crippen LogP contribution >= 0.6 is 0 Å². The predicted octanol–water partition coefficient (Wildman–Crippen LogP) is 1.35. The molecule has 20 heavy (non-hydrogen) atoms. The first-order valence-electron chi connectivity index (χ1n) is 6.60. The van der Waals surface area contributed by atoms with Crippen LogP contribution in [-0.4, -0.2) is 36.4 Å². The predicted molar refractivity (Wildman–Crippen MR) is 69.5 cm³/mol. The van der Waals surface area contributed by atoms with E-state index in [1.165, 1.54) is 12.1 Å². The summed E-state index contributed by atoms with van der Waals surface area (Å²) in [4.78, 5) is 22.2. The molecule has 1 aromatic heterocycles. The molecule has 0 spiro atoms. The van der Waals surface area contributed by atoms with Crippen molar-refractivity contribution in [2.75, 3.05) is 13.2 Å². The van der Waals surface area contributed by atoms with Crippen molar-refractivity contribution in [3.63, 3.8) is 0 Å². The normalized spacial score (nSPS) is 18.5. The Balaban J connectivity index is 1.67. The van der Waals surface area contributed by atoms with E-state index >= 15 is 0 Å². The summed E-state index contributed by atoms with van der Waals surface area (Å²) < 4.78 is 10.5. The Labute approximate surface area is 116 Å². The molecule has 2 heterocycles. The van der Waals surface area contributed by atoms with Crippen molar-refractivity contribution in [2.45, 2.75) is 31.9 Å². The molecule has 0 bridgehead atoms. The maximum atomic E-state index is 11.6. The van der Waals surface area contributed by atoms with Crippen LogP contribution in [0.2, 0.25) is 0 Å². The summed E-state index contributed by atoms with van der Waals surface area (Å²) in [5, 5.41) is 14.0. The third-order valence-corrected chi connectivity index (χ3v) is 3.06. The Hall–Kier alpha value is -2.02. The Bertz CT molecular complexity index is 465. The van der Waals surface area contributed by atoms with E-state index in [9.17, 15) is 9.59 Å². The number of aromatic carboxylic acids is 1. The first-order chi connectivity index (χ1) is 9.65. The third kappa shape index (κ3) is 4.27. The Kier molecular flexibility index (Phi) is 5.00. The fourth-order valence-corrected chi connectivity index (χ4v) is 1.99. The molecule has 110 valence electrons. The van der Waals surface area contributed by atoms with Crippen LogP contribution in [0.5, 0.6) is 0 Å². The highest BCUT2D eigenvalue weighted by molar-refractivity contribution is 5.84. The Morgan fingerprint density at radius 3 is 2.80 bits per heavy atom. The van der Waals surface area contributed by atoms with Gasteiger partial charge in [-0.2, -0.15) is 0 Å². The lowest BCUT2D eigenvalue weighted by molar-refractivity contribution is 0.0184. The van der Waals surface area contributed by atoms with E-state index in [4.69, 9.17) is 14.3 Å². The molecule has 0 saturated carbocycles. The lowest BCUT2D eigenvalue weighted by Crippen LogP contribution is -2.41. The molecule has 2 rings (SSSR count). The van der Waals surface area contributed by atoms with Crippen molar-refractivity contribution in [3.05, 3.63) is 23.7 Å². The summed E-state index contributed by atoms with van der Waals surface area (Å²) in [6.45, 7) is 1.37. The van der Waals surface area contributed by atoms with Crippen molar-refractivity contribution in [2.24, 2.45) is 0 Å². The fourth-order valence-electron chi connectivity index (χ4n) is 1.99. The van der Waals surface area contributed by atoms with Gasteiger partial charge in [-0.3, -0.25) is 0 Å². The number of carboxylic acid groups (broad SMARTS) is 1. The van der Waals surface area contributed by atoms with Gasteiger partial charge in [0.05, 0.1) is 12.6 Å². The van der Waals surface area contributed by atoms with E-state index in [1.807, 2.05) is 0 Å². The Morgan fingerprint density at radius 2 is 2.15 bits per heavy atom. The maximum absolute atomic E-state index is 11.6. The van der Waals surface area contributed by atoms with Gasteiger partial charge in [0.15, 0.2) is 0 Å². The van der Waals surface area contributed by atoms with E-state index < -0.39 is 5.97 Å². The van der Waals surface area contributed by atoms with Crippen LogP contribution in [0.15, 0.2) is 16.5 Å². The standard InChI is InChI=1S/C13H18N2O5/c16-12(17)11-5-4-10(20-11)8-15-13(18)14-7-9-3-1-2-6-19-9/h4-5,9H,1-3,6-8H2,(H,16,17)(H2,14,15,18). The number of carbonyl (C=O) groups excluding carboxylic acids is 1.